The molecule has 3 fully saturated rings. The molecule has 5 rings (SSSR count). The highest BCUT2D eigenvalue weighted by atomic mass is 32.3. The van der Waals surface area contributed by atoms with Gasteiger partial charge < -0.3 is 4.84 Å². The highest BCUT2D eigenvalue weighted by Gasteiger charge is 2.88. The zero-order chi connectivity index (χ0) is 18.0. The van der Waals surface area contributed by atoms with E-state index in [1.54, 1.807) is 7.11 Å². The number of hydrogen-bond acceptors (Lipinski definition) is 5. The first kappa shape index (κ1) is 16.3. The van der Waals surface area contributed by atoms with Crippen molar-refractivity contribution in [3.05, 3.63) is 66.2 Å². The lowest BCUT2D eigenvalue weighted by molar-refractivity contribution is 0.126. The van der Waals surface area contributed by atoms with Crippen LogP contribution in [0.25, 0.3) is 0 Å². The van der Waals surface area contributed by atoms with Gasteiger partial charge in [0.25, 0.3) is 0 Å². The summed E-state index contributed by atoms with van der Waals surface area (Å²) in [5.41, 5.74) is 1.76. The molecule has 0 spiro atoms. The van der Waals surface area contributed by atoms with E-state index >= 15 is 0 Å². The minimum Gasteiger partial charge on any atom is -0.399 e. The topological polar surface area (TPSA) is 65.1 Å². The van der Waals surface area contributed by atoms with Gasteiger partial charge in [0.1, 0.15) is 12.0 Å². The summed E-state index contributed by atoms with van der Waals surface area (Å²) in [5, 5.41) is 4.34. The first-order valence-electron chi connectivity index (χ1n) is 8.87. The average molecular weight is 370 g/mol. The summed E-state index contributed by atoms with van der Waals surface area (Å²) in [6, 6.07) is 19.7. The van der Waals surface area contributed by atoms with Crippen molar-refractivity contribution in [2.45, 2.75) is 40.6 Å². The fourth-order valence-corrected chi connectivity index (χ4v) is 7.66. The van der Waals surface area contributed by atoms with Crippen LogP contribution in [0.15, 0.2) is 70.7 Å². The minimum absolute atomic E-state index is 0.170. The molecule has 3 aliphatic heterocycles. The average Bonchev–Trinajstić information content (AvgIpc) is 3.28. The van der Waals surface area contributed by atoms with Crippen molar-refractivity contribution in [1.29, 1.82) is 0 Å². The molecule has 2 aromatic rings. The second-order valence-electron chi connectivity index (χ2n) is 7.25. The molecule has 0 saturated carbocycles. The van der Waals surface area contributed by atoms with E-state index in [1.165, 1.54) is 0 Å². The SMILES string of the molecule is CO/N=C1/CCC2N3C1(c1ccccc1)CC23S(O)(O)c1ccccc1. The Morgan fingerprint density at radius 3 is 2.38 bits per heavy atom. The molecule has 0 amide bonds. The molecule has 4 unspecified atom stereocenters. The van der Waals surface area contributed by atoms with Crippen LogP contribution in [0.5, 0.6) is 0 Å². The van der Waals surface area contributed by atoms with Crippen molar-refractivity contribution in [2.24, 2.45) is 5.16 Å². The van der Waals surface area contributed by atoms with Gasteiger partial charge in [-0.25, -0.2) is 0 Å². The van der Waals surface area contributed by atoms with Crippen molar-refractivity contribution < 1.29 is 13.9 Å². The van der Waals surface area contributed by atoms with Gasteiger partial charge >= 0.3 is 0 Å². The van der Waals surface area contributed by atoms with Gasteiger partial charge in [-0.05, 0) is 30.5 Å². The molecule has 4 atom stereocenters. The van der Waals surface area contributed by atoms with E-state index in [1.807, 2.05) is 48.5 Å². The third kappa shape index (κ3) is 1.75. The Bertz CT molecular complexity index is 873. The Morgan fingerprint density at radius 2 is 1.73 bits per heavy atom. The van der Waals surface area contributed by atoms with Crippen LogP contribution in [0.4, 0.5) is 0 Å². The Morgan fingerprint density at radius 1 is 1.08 bits per heavy atom. The number of piperidine rings is 1. The van der Waals surface area contributed by atoms with Crippen LogP contribution in [0.3, 0.4) is 0 Å². The molecular weight excluding hydrogens is 348 g/mol. The zero-order valence-corrected chi connectivity index (χ0v) is 15.4. The molecule has 0 radical (unpaired) electrons. The van der Waals surface area contributed by atoms with Gasteiger partial charge in [0.2, 0.25) is 0 Å². The second-order valence-corrected chi connectivity index (χ2v) is 9.53. The Hall–Kier alpha value is -1.86. The van der Waals surface area contributed by atoms with Gasteiger partial charge in [-0.2, -0.15) is 0 Å². The third-order valence-corrected chi connectivity index (χ3v) is 8.77. The van der Waals surface area contributed by atoms with Crippen LogP contribution in [0.1, 0.15) is 24.8 Å². The highest BCUT2D eigenvalue weighted by Crippen LogP contribution is 2.84. The predicted octanol–water partition coefficient (Wildman–Crippen LogP) is 4.27. The molecule has 136 valence electrons. The number of nitrogens with zero attached hydrogens (tertiary/aromatic N) is 2. The van der Waals surface area contributed by atoms with E-state index in [0.29, 0.717) is 11.3 Å². The van der Waals surface area contributed by atoms with Crippen LogP contribution >= 0.6 is 10.6 Å². The summed E-state index contributed by atoms with van der Waals surface area (Å²) < 4.78 is 22.5. The maximum absolute atomic E-state index is 11.3. The Kier molecular flexibility index (Phi) is 3.35. The van der Waals surface area contributed by atoms with Gasteiger partial charge in [-0.1, -0.05) is 53.7 Å². The molecule has 0 aliphatic carbocycles. The van der Waals surface area contributed by atoms with Gasteiger partial charge in [0.15, 0.2) is 0 Å². The summed E-state index contributed by atoms with van der Waals surface area (Å²) in [7, 11) is -1.36. The van der Waals surface area contributed by atoms with Crippen molar-refractivity contribution in [1.82, 2.24) is 4.90 Å². The highest BCUT2D eigenvalue weighted by molar-refractivity contribution is 8.25. The molecule has 0 bridgehead atoms. The van der Waals surface area contributed by atoms with Gasteiger partial charge in [0.05, 0.1) is 22.2 Å². The minimum atomic E-state index is -2.94. The van der Waals surface area contributed by atoms with Crippen molar-refractivity contribution in [3.63, 3.8) is 0 Å². The molecule has 3 saturated heterocycles. The first-order valence-corrected chi connectivity index (χ1v) is 10.4. The summed E-state index contributed by atoms with van der Waals surface area (Å²) in [6.07, 6.45) is 2.35. The summed E-state index contributed by atoms with van der Waals surface area (Å²) in [6.45, 7) is 0. The molecule has 6 heteroatoms. The van der Waals surface area contributed by atoms with E-state index in [4.69, 9.17) is 4.84 Å². The normalized spacial score (nSPS) is 36.8. The second kappa shape index (κ2) is 5.33. The molecule has 2 aromatic carbocycles. The van der Waals surface area contributed by atoms with E-state index in [2.05, 4.69) is 22.2 Å². The number of rotatable bonds is 4. The molecule has 2 N–H and O–H groups in total. The Labute approximate surface area is 154 Å². The summed E-state index contributed by atoms with van der Waals surface area (Å²) in [5.74, 6) is 0. The molecule has 3 heterocycles. The van der Waals surface area contributed by atoms with E-state index in [9.17, 15) is 9.11 Å². The molecule has 3 aliphatic rings. The monoisotopic (exact) mass is 370 g/mol. The van der Waals surface area contributed by atoms with Crippen molar-refractivity contribution >= 4 is 16.3 Å². The van der Waals surface area contributed by atoms with Crippen molar-refractivity contribution in [2.75, 3.05) is 7.11 Å². The van der Waals surface area contributed by atoms with Gasteiger partial charge in [0, 0.05) is 6.42 Å². The third-order valence-electron chi connectivity index (χ3n) is 6.24. The standard InChI is InChI=1S/C20H22N2O3S/c1-25-21-17-12-13-18-20(26(23,24)16-10-6-3-7-11-16)14-19(17,22(18)20)15-8-4-2-5-9-15/h2-11,18,23-24H,12-14H2,1H3/b21-17-. The molecule has 0 aromatic heterocycles. The smallest absolute Gasteiger partial charge is 0.136 e. The van der Waals surface area contributed by atoms with Crippen LogP contribution < -0.4 is 0 Å². The lowest BCUT2D eigenvalue weighted by Gasteiger charge is -2.55. The van der Waals surface area contributed by atoms with E-state index in [-0.39, 0.29) is 11.6 Å². The van der Waals surface area contributed by atoms with E-state index in [0.717, 1.165) is 24.1 Å². The van der Waals surface area contributed by atoms with E-state index < -0.39 is 15.5 Å². The molecule has 5 nitrogen and oxygen atoms in total. The fourth-order valence-electron chi connectivity index (χ4n) is 5.20. The predicted molar refractivity (Wildman–Crippen MR) is 102 cm³/mol. The number of hydrogen-bond donors (Lipinski definition) is 2. The first-order chi connectivity index (χ1) is 12.6. The summed E-state index contributed by atoms with van der Waals surface area (Å²) in [4.78, 5) is 7.46. The van der Waals surface area contributed by atoms with Crippen LogP contribution in [-0.4, -0.2) is 37.7 Å². The lowest BCUT2D eigenvalue weighted by Crippen LogP contribution is -2.59. The van der Waals surface area contributed by atoms with Crippen LogP contribution in [-0.2, 0) is 10.4 Å². The summed E-state index contributed by atoms with van der Waals surface area (Å²) >= 11 is 0. The van der Waals surface area contributed by atoms with Crippen LogP contribution in [0.2, 0.25) is 0 Å². The molecular formula is C20H22N2O3S. The van der Waals surface area contributed by atoms with Gasteiger partial charge in [-0.15, -0.1) is 10.6 Å². The van der Waals surface area contributed by atoms with Crippen LogP contribution in [0, 0.1) is 0 Å². The maximum Gasteiger partial charge on any atom is 0.136 e. The van der Waals surface area contributed by atoms with Gasteiger partial charge in [-0.3, -0.25) is 14.0 Å². The number of oxime groups is 1. The maximum atomic E-state index is 11.3. The zero-order valence-electron chi connectivity index (χ0n) is 14.6. The fraction of sp³-hybridized carbons (Fsp3) is 0.350. The largest absolute Gasteiger partial charge is 0.399 e. The quantitative estimate of drug-likeness (QED) is 0.623. The number of benzene rings is 2. The molecule has 26 heavy (non-hydrogen) atoms. The lowest BCUT2D eigenvalue weighted by atomic mass is 9.75. The Balaban J connectivity index is 1.61. The van der Waals surface area contributed by atoms with Crippen molar-refractivity contribution in [3.8, 4) is 0 Å². The number of fused-ring (bicyclic) bond motifs is 1.